The van der Waals surface area contributed by atoms with E-state index in [1.165, 1.54) is 38.2 Å². The third-order valence-electron chi connectivity index (χ3n) is 2.61. The van der Waals surface area contributed by atoms with Crippen molar-refractivity contribution in [2.75, 3.05) is 5.73 Å². The molecule has 16 heavy (non-hydrogen) atoms. The number of hydrogen-bond donors (Lipinski definition) is 2. The van der Waals surface area contributed by atoms with E-state index in [-0.39, 0.29) is 5.69 Å². The van der Waals surface area contributed by atoms with E-state index in [2.05, 4.69) is 0 Å². The Hall–Kier alpha value is -1.16. The van der Waals surface area contributed by atoms with Crippen molar-refractivity contribution in [2.45, 2.75) is 38.1 Å². The van der Waals surface area contributed by atoms with Crippen molar-refractivity contribution in [2.24, 2.45) is 5.73 Å². The van der Waals surface area contributed by atoms with Crippen molar-refractivity contribution in [3.8, 4) is 0 Å². The molecule has 0 amide bonds. The fourth-order valence-electron chi connectivity index (χ4n) is 1.64. The molecule has 0 radical (unpaired) electrons. The maximum Gasteiger partial charge on any atom is 0.148 e. The number of nitrogens with two attached hydrogens (primary N) is 2. The molecule has 1 aliphatic carbocycles. The van der Waals surface area contributed by atoms with E-state index in [1.54, 1.807) is 0 Å². The quantitative estimate of drug-likeness (QED) is 0.671. The van der Waals surface area contributed by atoms with Crippen LogP contribution in [0.1, 0.15) is 32.1 Å². The number of hydrogen-bond acceptors (Lipinski definition) is 2. The van der Waals surface area contributed by atoms with E-state index in [4.69, 9.17) is 11.5 Å². The van der Waals surface area contributed by atoms with Gasteiger partial charge in [0.05, 0.1) is 5.69 Å². The Bertz CT molecular complexity index is 323. The summed E-state index contributed by atoms with van der Waals surface area (Å²) < 4.78 is 24.3. The summed E-state index contributed by atoms with van der Waals surface area (Å²) in [4.78, 5) is 0. The van der Waals surface area contributed by atoms with Crippen LogP contribution in [-0.2, 0) is 0 Å². The molecule has 4 heteroatoms. The van der Waals surface area contributed by atoms with Crippen molar-refractivity contribution in [1.82, 2.24) is 0 Å². The van der Waals surface area contributed by atoms with E-state index >= 15 is 0 Å². The highest BCUT2D eigenvalue weighted by molar-refractivity contribution is 5.38. The molecule has 0 atom stereocenters. The fourth-order valence-corrected chi connectivity index (χ4v) is 1.64. The van der Waals surface area contributed by atoms with Crippen molar-refractivity contribution in [3.63, 3.8) is 0 Å². The summed E-state index contributed by atoms with van der Waals surface area (Å²) in [5.41, 5.74) is 10.7. The van der Waals surface area contributed by atoms with Gasteiger partial charge >= 0.3 is 0 Å². The lowest BCUT2D eigenvalue weighted by Gasteiger charge is -2.15. The van der Waals surface area contributed by atoms with Crippen LogP contribution in [0.3, 0.4) is 0 Å². The van der Waals surface area contributed by atoms with Crippen molar-refractivity contribution in [1.29, 1.82) is 0 Å². The Kier molecular flexibility index (Phi) is 5.19. The van der Waals surface area contributed by atoms with Crippen LogP contribution in [0, 0.1) is 11.6 Å². The molecule has 0 aromatic heterocycles. The summed E-state index contributed by atoms with van der Waals surface area (Å²) in [6, 6.07) is 3.58. The smallest absolute Gasteiger partial charge is 0.148 e. The van der Waals surface area contributed by atoms with Gasteiger partial charge in [-0.3, -0.25) is 0 Å². The van der Waals surface area contributed by atoms with Crippen LogP contribution in [0.4, 0.5) is 14.5 Å². The molecule has 0 aliphatic heterocycles. The molecule has 90 valence electrons. The second-order valence-corrected chi connectivity index (χ2v) is 4.06. The van der Waals surface area contributed by atoms with Gasteiger partial charge in [0.25, 0.3) is 0 Å². The summed E-state index contributed by atoms with van der Waals surface area (Å²) in [7, 11) is 0. The van der Waals surface area contributed by atoms with E-state index in [0.29, 0.717) is 6.04 Å². The molecular weight excluding hydrogens is 210 g/mol. The van der Waals surface area contributed by atoms with E-state index in [1.807, 2.05) is 0 Å². The van der Waals surface area contributed by atoms with Crippen LogP contribution in [0.2, 0.25) is 0 Å². The number of rotatable bonds is 0. The van der Waals surface area contributed by atoms with Crippen molar-refractivity contribution >= 4 is 5.69 Å². The normalized spacial score (nSPS) is 16.4. The molecule has 2 nitrogen and oxygen atoms in total. The topological polar surface area (TPSA) is 52.0 Å². The molecular formula is C12H18F2N2. The summed E-state index contributed by atoms with van der Waals surface area (Å²) in [5.74, 6) is -1.32. The van der Waals surface area contributed by atoms with Gasteiger partial charge in [-0.15, -0.1) is 0 Å². The van der Waals surface area contributed by atoms with Crippen molar-refractivity contribution in [3.05, 3.63) is 29.8 Å². The van der Waals surface area contributed by atoms with Crippen LogP contribution in [-0.4, -0.2) is 6.04 Å². The summed E-state index contributed by atoms with van der Waals surface area (Å²) in [6.45, 7) is 0. The average Bonchev–Trinajstić information content (AvgIpc) is 2.26. The highest BCUT2D eigenvalue weighted by atomic mass is 19.1. The SMILES string of the molecule is NC1CCCCC1.Nc1ccc(F)cc1F. The van der Waals surface area contributed by atoms with Gasteiger partial charge in [-0.05, 0) is 25.0 Å². The van der Waals surface area contributed by atoms with Crippen LogP contribution >= 0.6 is 0 Å². The maximum atomic E-state index is 12.2. The minimum Gasteiger partial charge on any atom is -0.396 e. The zero-order valence-electron chi connectivity index (χ0n) is 9.26. The van der Waals surface area contributed by atoms with E-state index in [9.17, 15) is 8.78 Å². The second-order valence-electron chi connectivity index (χ2n) is 4.06. The molecule has 0 saturated heterocycles. The van der Waals surface area contributed by atoms with Crippen LogP contribution < -0.4 is 11.5 Å². The largest absolute Gasteiger partial charge is 0.396 e. The number of anilines is 1. The van der Waals surface area contributed by atoms with Gasteiger partial charge in [-0.25, -0.2) is 8.78 Å². The Morgan fingerprint density at radius 1 is 1.06 bits per heavy atom. The molecule has 4 N–H and O–H groups in total. The molecule has 1 aromatic carbocycles. The lowest BCUT2D eigenvalue weighted by molar-refractivity contribution is 0.441. The minimum absolute atomic E-state index is 0.0311. The number of nitrogen functional groups attached to an aromatic ring is 1. The Morgan fingerprint density at radius 2 is 1.69 bits per heavy atom. The van der Waals surface area contributed by atoms with Crippen LogP contribution in [0.25, 0.3) is 0 Å². The summed E-state index contributed by atoms with van der Waals surface area (Å²) in [6.07, 6.45) is 6.66. The Balaban J connectivity index is 0.000000165. The lowest BCUT2D eigenvalue weighted by Crippen LogP contribution is -2.22. The molecule has 0 bridgehead atoms. The fraction of sp³-hybridized carbons (Fsp3) is 0.500. The monoisotopic (exact) mass is 228 g/mol. The van der Waals surface area contributed by atoms with Gasteiger partial charge in [0, 0.05) is 12.1 Å². The number of halogens is 2. The summed E-state index contributed by atoms with van der Waals surface area (Å²) in [5, 5.41) is 0. The first-order chi connectivity index (χ1) is 7.59. The van der Waals surface area contributed by atoms with Gasteiger partial charge < -0.3 is 11.5 Å². The lowest BCUT2D eigenvalue weighted by atomic mass is 9.97. The molecule has 0 unspecified atom stereocenters. The predicted molar refractivity (Wildman–Crippen MR) is 61.8 cm³/mol. The number of benzene rings is 1. The first-order valence-electron chi connectivity index (χ1n) is 5.55. The third-order valence-corrected chi connectivity index (χ3v) is 2.61. The first-order valence-corrected chi connectivity index (χ1v) is 5.55. The Labute approximate surface area is 94.6 Å². The third kappa shape index (κ3) is 4.57. The standard InChI is InChI=1S/C6H5F2N.C6H13N/c7-4-1-2-6(9)5(8)3-4;7-6-4-2-1-3-5-6/h1-3H,9H2;6H,1-5,7H2. The predicted octanol–water partition coefficient (Wildman–Crippen LogP) is 2.82. The summed E-state index contributed by atoms with van der Waals surface area (Å²) >= 11 is 0. The van der Waals surface area contributed by atoms with Crippen molar-refractivity contribution < 1.29 is 8.78 Å². The van der Waals surface area contributed by atoms with E-state index < -0.39 is 11.6 Å². The molecule has 1 aliphatic rings. The zero-order chi connectivity index (χ0) is 12.0. The van der Waals surface area contributed by atoms with Gasteiger partial charge in [0.2, 0.25) is 0 Å². The highest BCUT2D eigenvalue weighted by Gasteiger charge is 2.06. The van der Waals surface area contributed by atoms with Crippen LogP contribution in [0.15, 0.2) is 18.2 Å². The van der Waals surface area contributed by atoms with E-state index in [0.717, 1.165) is 12.1 Å². The Morgan fingerprint density at radius 3 is 2.06 bits per heavy atom. The molecule has 2 rings (SSSR count). The van der Waals surface area contributed by atoms with Crippen LogP contribution in [0.5, 0.6) is 0 Å². The second kappa shape index (κ2) is 6.43. The molecule has 1 fully saturated rings. The molecule has 0 heterocycles. The average molecular weight is 228 g/mol. The minimum atomic E-state index is -0.713. The first kappa shape index (κ1) is 12.9. The maximum absolute atomic E-state index is 12.2. The van der Waals surface area contributed by atoms with Gasteiger partial charge in [0.15, 0.2) is 0 Å². The van der Waals surface area contributed by atoms with Gasteiger partial charge in [-0.2, -0.15) is 0 Å². The molecule has 1 aromatic rings. The zero-order valence-corrected chi connectivity index (χ0v) is 9.26. The molecule has 1 saturated carbocycles. The van der Waals surface area contributed by atoms with Gasteiger partial charge in [0.1, 0.15) is 11.6 Å². The molecule has 0 spiro atoms. The van der Waals surface area contributed by atoms with Gasteiger partial charge in [-0.1, -0.05) is 19.3 Å². The highest BCUT2D eigenvalue weighted by Crippen LogP contribution is 2.14.